The Morgan fingerprint density at radius 3 is 2.75 bits per heavy atom. The number of halogens is 1. The molecule has 0 aromatic heterocycles. The summed E-state index contributed by atoms with van der Waals surface area (Å²) in [5.41, 5.74) is 3.63. The SMILES string of the molecule is Clc1ccccc1-c1c[c]cc(CC2CCNCC2)c1. The molecule has 2 heteroatoms. The molecule has 1 saturated heterocycles. The Morgan fingerprint density at radius 2 is 1.95 bits per heavy atom. The van der Waals surface area contributed by atoms with Crippen LogP contribution in [-0.2, 0) is 6.42 Å². The van der Waals surface area contributed by atoms with Crippen molar-refractivity contribution < 1.29 is 0 Å². The number of piperidine rings is 1. The van der Waals surface area contributed by atoms with Gasteiger partial charge in [0.25, 0.3) is 0 Å². The van der Waals surface area contributed by atoms with E-state index < -0.39 is 0 Å². The summed E-state index contributed by atoms with van der Waals surface area (Å²) >= 11 is 6.28. The zero-order valence-corrected chi connectivity index (χ0v) is 12.3. The topological polar surface area (TPSA) is 12.0 Å². The average molecular weight is 285 g/mol. The minimum atomic E-state index is 0.797. The van der Waals surface area contributed by atoms with E-state index in [2.05, 4.69) is 29.6 Å². The molecule has 2 aromatic carbocycles. The standard InChI is InChI=1S/C18H19ClN/c19-18-7-2-1-6-17(18)16-5-3-4-15(13-16)12-14-8-10-20-11-9-14/h1-2,4-7,13-14,20H,8-12H2. The van der Waals surface area contributed by atoms with Crippen LogP contribution in [-0.4, -0.2) is 13.1 Å². The van der Waals surface area contributed by atoms with E-state index >= 15 is 0 Å². The molecule has 2 aromatic rings. The second-order valence-corrected chi connectivity index (χ2v) is 5.91. The maximum atomic E-state index is 6.28. The Balaban J connectivity index is 1.80. The number of nitrogens with one attached hydrogen (secondary N) is 1. The Labute approximate surface area is 126 Å². The number of benzene rings is 2. The Bertz CT molecular complexity index is 573. The van der Waals surface area contributed by atoms with Gasteiger partial charge in [-0.1, -0.05) is 41.9 Å². The number of hydrogen-bond donors (Lipinski definition) is 1. The van der Waals surface area contributed by atoms with Gasteiger partial charge in [0.05, 0.1) is 0 Å². The van der Waals surface area contributed by atoms with Crippen molar-refractivity contribution in [2.75, 3.05) is 13.1 Å². The maximum absolute atomic E-state index is 6.28. The van der Waals surface area contributed by atoms with Crippen molar-refractivity contribution >= 4 is 11.6 Å². The van der Waals surface area contributed by atoms with E-state index in [-0.39, 0.29) is 0 Å². The molecule has 1 aliphatic rings. The van der Waals surface area contributed by atoms with E-state index in [9.17, 15) is 0 Å². The van der Waals surface area contributed by atoms with Crippen LogP contribution in [0.25, 0.3) is 11.1 Å². The minimum absolute atomic E-state index is 0.797. The maximum Gasteiger partial charge on any atom is 0.0484 e. The van der Waals surface area contributed by atoms with E-state index in [0.717, 1.165) is 36.0 Å². The van der Waals surface area contributed by atoms with Gasteiger partial charge >= 0.3 is 0 Å². The fourth-order valence-electron chi connectivity index (χ4n) is 2.91. The molecule has 0 bridgehead atoms. The van der Waals surface area contributed by atoms with Gasteiger partial charge in [0.15, 0.2) is 0 Å². The zero-order valence-electron chi connectivity index (χ0n) is 11.5. The molecule has 103 valence electrons. The van der Waals surface area contributed by atoms with Gasteiger partial charge in [-0.05, 0) is 67.6 Å². The van der Waals surface area contributed by atoms with Crippen LogP contribution >= 0.6 is 11.6 Å². The lowest BCUT2D eigenvalue weighted by Gasteiger charge is -2.22. The molecule has 0 saturated carbocycles. The van der Waals surface area contributed by atoms with Crippen LogP contribution in [0.2, 0.25) is 5.02 Å². The highest BCUT2D eigenvalue weighted by Gasteiger charge is 2.14. The van der Waals surface area contributed by atoms with Crippen molar-refractivity contribution in [3.8, 4) is 11.1 Å². The summed E-state index contributed by atoms with van der Waals surface area (Å²) in [4.78, 5) is 0. The van der Waals surface area contributed by atoms with E-state index in [1.165, 1.54) is 24.0 Å². The monoisotopic (exact) mass is 284 g/mol. The first-order chi connectivity index (χ1) is 9.83. The van der Waals surface area contributed by atoms with Crippen LogP contribution in [0.5, 0.6) is 0 Å². The number of rotatable bonds is 3. The first kappa shape index (κ1) is 13.7. The van der Waals surface area contributed by atoms with Crippen molar-refractivity contribution in [3.63, 3.8) is 0 Å². The van der Waals surface area contributed by atoms with Gasteiger partial charge in [0.1, 0.15) is 0 Å². The van der Waals surface area contributed by atoms with Gasteiger partial charge in [-0.2, -0.15) is 0 Å². The van der Waals surface area contributed by atoms with Crippen molar-refractivity contribution in [1.82, 2.24) is 5.32 Å². The van der Waals surface area contributed by atoms with Crippen LogP contribution < -0.4 is 5.32 Å². The predicted molar refractivity (Wildman–Crippen MR) is 85.0 cm³/mol. The quantitative estimate of drug-likeness (QED) is 0.884. The molecule has 0 aliphatic carbocycles. The lowest BCUT2D eigenvalue weighted by Crippen LogP contribution is -2.28. The van der Waals surface area contributed by atoms with Crippen LogP contribution in [0.3, 0.4) is 0 Å². The van der Waals surface area contributed by atoms with Crippen molar-refractivity contribution in [3.05, 3.63) is 59.1 Å². The minimum Gasteiger partial charge on any atom is -0.317 e. The Hall–Kier alpha value is -1.31. The Kier molecular flexibility index (Phi) is 4.39. The molecular formula is C18H19ClN. The lowest BCUT2D eigenvalue weighted by molar-refractivity contribution is 0.372. The van der Waals surface area contributed by atoms with Gasteiger partial charge < -0.3 is 5.32 Å². The highest BCUT2D eigenvalue weighted by molar-refractivity contribution is 6.33. The first-order valence-corrected chi connectivity index (χ1v) is 7.66. The third-order valence-corrected chi connectivity index (χ3v) is 4.35. The average Bonchev–Trinajstić information content (AvgIpc) is 2.49. The molecule has 1 nitrogen and oxygen atoms in total. The second-order valence-electron chi connectivity index (χ2n) is 5.51. The third-order valence-electron chi connectivity index (χ3n) is 4.02. The van der Waals surface area contributed by atoms with E-state index in [1.807, 2.05) is 24.3 Å². The summed E-state index contributed by atoms with van der Waals surface area (Å²) in [5, 5.41) is 4.23. The van der Waals surface area contributed by atoms with Crippen LogP contribution in [0.4, 0.5) is 0 Å². The highest BCUT2D eigenvalue weighted by atomic mass is 35.5. The first-order valence-electron chi connectivity index (χ1n) is 7.28. The van der Waals surface area contributed by atoms with Crippen molar-refractivity contribution in [1.29, 1.82) is 0 Å². The second kappa shape index (κ2) is 6.43. The van der Waals surface area contributed by atoms with Gasteiger partial charge in [-0.25, -0.2) is 0 Å². The Morgan fingerprint density at radius 1 is 1.15 bits per heavy atom. The summed E-state index contributed by atoms with van der Waals surface area (Å²) in [6, 6.07) is 17.7. The predicted octanol–water partition coefficient (Wildman–Crippen LogP) is 4.35. The smallest absolute Gasteiger partial charge is 0.0484 e. The molecule has 0 spiro atoms. The van der Waals surface area contributed by atoms with E-state index in [1.54, 1.807) is 0 Å². The summed E-state index contributed by atoms with van der Waals surface area (Å²) < 4.78 is 0. The van der Waals surface area contributed by atoms with Gasteiger partial charge in [-0.15, -0.1) is 0 Å². The van der Waals surface area contributed by atoms with Gasteiger partial charge in [0, 0.05) is 10.6 Å². The largest absolute Gasteiger partial charge is 0.317 e. The van der Waals surface area contributed by atoms with Crippen molar-refractivity contribution in [2.24, 2.45) is 5.92 Å². The zero-order chi connectivity index (χ0) is 13.8. The van der Waals surface area contributed by atoms with Gasteiger partial charge in [-0.3, -0.25) is 0 Å². The fraction of sp³-hybridized carbons (Fsp3) is 0.333. The molecule has 20 heavy (non-hydrogen) atoms. The van der Waals surface area contributed by atoms with Crippen LogP contribution in [0.15, 0.2) is 42.5 Å². The third kappa shape index (κ3) is 3.23. The summed E-state index contributed by atoms with van der Waals surface area (Å²) in [7, 11) is 0. The number of hydrogen-bond acceptors (Lipinski definition) is 1. The summed E-state index contributed by atoms with van der Waals surface area (Å²) in [6.45, 7) is 2.30. The highest BCUT2D eigenvalue weighted by Crippen LogP contribution is 2.29. The molecular weight excluding hydrogens is 266 g/mol. The van der Waals surface area contributed by atoms with Gasteiger partial charge in [0.2, 0.25) is 0 Å². The molecule has 1 fully saturated rings. The molecule has 0 amide bonds. The van der Waals surface area contributed by atoms with Crippen molar-refractivity contribution in [2.45, 2.75) is 19.3 Å². The molecule has 0 atom stereocenters. The summed E-state index contributed by atoms with van der Waals surface area (Å²) in [6.07, 6.45) is 3.70. The molecule has 1 heterocycles. The molecule has 1 aliphatic heterocycles. The molecule has 1 N–H and O–H groups in total. The van der Waals surface area contributed by atoms with Crippen LogP contribution in [0, 0.1) is 12.0 Å². The molecule has 1 radical (unpaired) electrons. The fourth-order valence-corrected chi connectivity index (χ4v) is 3.15. The molecule has 0 unspecified atom stereocenters. The molecule has 3 rings (SSSR count). The van der Waals surface area contributed by atoms with Crippen LogP contribution in [0.1, 0.15) is 18.4 Å². The normalized spacial score (nSPS) is 16.2. The lowest BCUT2D eigenvalue weighted by atomic mass is 9.90. The summed E-state index contributed by atoms with van der Waals surface area (Å²) in [5.74, 6) is 0.797. The van der Waals surface area contributed by atoms with E-state index in [4.69, 9.17) is 11.6 Å². The van der Waals surface area contributed by atoms with E-state index in [0.29, 0.717) is 0 Å².